The normalized spacial score (nSPS) is 12.9. The van der Waals surface area contributed by atoms with Gasteiger partial charge < -0.3 is 0 Å². The van der Waals surface area contributed by atoms with Gasteiger partial charge in [0.2, 0.25) is 0 Å². The molecule has 0 aromatic heterocycles. The molecule has 0 saturated carbocycles. The SMILES string of the molecule is C=C/C(F)=C(/[O])F. The molecule has 0 saturated heterocycles. The third-order valence-corrected chi connectivity index (χ3v) is 0.367. The summed E-state index contributed by atoms with van der Waals surface area (Å²) in [6.07, 6.45) is 0.516. The first-order valence-electron chi connectivity index (χ1n) is 1.53. The van der Waals surface area contributed by atoms with Crippen molar-refractivity contribution >= 4 is 0 Å². The topological polar surface area (TPSA) is 19.9 Å². The van der Waals surface area contributed by atoms with E-state index >= 15 is 0 Å². The average Bonchev–Trinajstić information content (AvgIpc) is 1.65. The van der Waals surface area contributed by atoms with E-state index in [1.165, 1.54) is 0 Å². The van der Waals surface area contributed by atoms with Crippen LogP contribution in [0.4, 0.5) is 8.78 Å². The van der Waals surface area contributed by atoms with Gasteiger partial charge in [0.15, 0.2) is 5.83 Å². The fraction of sp³-hybridized carbons (Fsp3) is 0. The van der Waals surface area contributed by atoms with Crippen molar-refractivity contribution in [2.24, 2.45) is 0 Å². The molecule has 0 spiro atoms. The average molecular weight is 105 g/mol. The van der Waals surface area contributed by atoms with Crippen LogP contribution in [0.25, 0.3) is 0 Å². The van der Waals surface area contributed by atoms with Crippen molar-refractivity contribution in [3.8, 4) is 0 Å². The highest BCUT2D eigenvalue weighted by atomic mass is 19.2. The maximum atomic E-state index is 11.3. The molecule has 3 heteroatoms. The monoisotopic (exact) mass is 105 g/mol. The van der Waals surface area contributed by atoms with E-state index in [1.54, 1.807) is 0 Å². The second-order valence-electron chi connectivity index (χ2n) is 0.826. The van der Waals surface area contributed by atoms with Crippen LogP contribution in [0.3, 0.4) is 0 Å². The maximum absolute atomic E-state index is 11.3. The summed E-state index contributed by atoms with van der Waals surface area (Å²) in [4.78, 5) is 0. The third kappa shape index (κ3) is 1.92. The second-order valence-corrected chi connectivity index (χ2v) is 0.826. The summed E-state index contributed by atoms with van der Waals surface area (Å²) in [5, 5.41) is 9.22. The van der Waals surface area contributed by atoms with Crippen molar-refractivity contribution in [1.82, 2.24) is 0 Å². The Hall–Kier alpha value is -0.860. The summed E-state index contributed by atoms with van der Waals surface area (Å²) in [5.74, 6) is -1.44. The Morgan fingerprint density at radius 2 is 2.00 bits per heavy atom. The van der Waals surface area contributed by atoms with Crippen LogP contribution < -0.4 is 0 Å². The fourth-order valence-electron chi connectivity index (χ4n) is 0.0802. The van der Waals surface area contributed by atoms with Crippen LogP contribution in [0.2, 0.25) is 0 Å². The van der Waals surface area contributed by atoms with E-state index in [0.29, 0.717) is 6.08 Å². The van der Waals surface area contributed by atoms with Crippen molar-refractivity contribution in [2.45, 2.75) is 0 Å². The van der Waals surface area contributed by atoms with Crippen molar-refractivity contribution < 1.29 is 13.9 Å². The van der Waals surface area contributed by atoms with Crippen LogP contribution in [-0.2, 0) is 5.11 Å². The molecule has 0 aliphatic rings. The molecule has 0 fully saturated rings. The van der Waals surface area contributed by atoms with Crippen molar-refractivity contribution in [1.29, 1.82) is 0 Å². The standard InChI is InChI=1S/C4H3F2O/c1-2-3(5)4(6)7/h2H,1H2/b4-3-. The number of hydrogen-bond donors (Lipinski definition) is 0. The predicted octanol–water partition coefficient (Wildman–Crippen LogP) is 1.71. The van der Waals surface area contributed by atoms with E-state index < -0.39 is 11.8 Å². The smallest absolute Gasteiger partial charge is 0.253 e. The summed E-state index contributed by atoms with van der Waals surface area (Å²) in [6, 6.07) is -2.07. The lowest BCUT2D eigenvalue weighted by Crippen LogP contribution is -1.67. The lowest BCUT2D eigenvalue weighted by molar-refractivity contribution is 0.184. The van der Waals surface area contributed by atoms with E-state index in [1.807, 2.05) is 0 Å². The van der Waals surface area contributed by atoms with Crippen LogP contribution in [-0.4, -0.2) is 0 Å². The molecule has 0 N–H and O–H groups in total. The molecule has 0 bridgehead atoms. The van der Waals surface area contributed by atoms with Gasteiger partial charge in [-0.05, 0) is 6.08 Å². The fourth-order valence-corrected chi connectivity index (χ4v) is 0.0802. The highest BCUT2D eigenvalue weighted by Crippen LogP contribution is 2.03. The molecule has 7 heavy (non-hydrogen) atoms. The highest BCUT2D eigenvalue weighted by molar-refractivity contribution is 5.06. The van der Waals surface area contributed by atoms with Crippen LogP contribution in [0, 0.1) is 0 Å². The van der Waals surface area contributed by atoms with Crippen LogP contribution >= 0.6 is 0 Å². The molecule has 0 aromatic carbocycles. The van der Waals surface area contributed by atoms with Gasteiger partial charge in [-0.3, -0.25) is 5.11 Å². The van der Waals surface area contributed by atoms with Crippen molar-refractivity contribution in [3.05, 3.63) is 24.5 Å². The van der Waals surface area contributed by atoms with E-state index in [0.717, 1.165) is 0 Å². The van der Waals surface area contributed by atoms with Gasteiger partial charge in [-0.25, -0.2) is 0 Å². The van der Waals surface area contributed by atoms with Crippen LogP contribution in [0.1, 0.15) is 0 Å². The molecule has 0 aliphatic heterocycles. The molecule has 0 heterocycles. The Kier molecular flexibility index (Phi) is 2.05. The molecule has 0 atom stereocenters. The van der Waals surface area contributed by atoms with E-state index in [2.05, 4.69) is 6.58 Å². The summed E-state index contributed by atoms with van der Waals surface area (Å²) in [6.45, 7) is 2.81. The van der Waals surface area contributed by atoms with Gasteiger partial charge in [-0.2, -0.15) is 8.78 Å². The summed E-state index contributed by atoms with van der Waals surface area (Å²) in [5.41, 5.74) is 0. The summed E-state index contributed by atoms with van der Waals surface area (Å²) >= 11 is 0. The number of allylic oxidation sites excluding steroid dienone is 2. The highest BCUT2D eigenvalue weighted by Gasteiger charge is 1.97. The molecular formula is C4H3F2O. The first kappa shape index (κ1) is 6.14. The Balaban J connectivity index is 3.98. The van der Waals surface area contributed by atoms with Crippen molar-refractivity contribution in [2.75, 3.05) is 0 Å². The van der Waals surface area contributed by atoms with E-state index in [-0.39, 0.29) is 0 Å². The molecule has 39 valence electrons. The minimum atomic E-state index is -2.07. The largest absolute Gasteiger partial charge is 0.360 e. The molecule has 0 aliphatic carbocycles. The van der Waals surface area contributed by atoms with Crippen molar-refractivity contribution in [3.63, 3.8) is 0 Å². The van der Waals surface area contributed by atoms with E-state index in [9.17, 15) is 13.9 Å². The molecule has 1 nitrogen and oxygen atoms in total. The first-order chi connectivity index (χ1) is 3.18. The molecule has 0 rings (SSSR count). The van der Waals surface area contributed by atoms with Gasteiger partial charge in [-0.1, -0.05) is 6.58 Å². The lowest BCUT2D eigenvalue weighted by atomic mass is 10.6. The van der Waals surface area contributed by atoms with Gasteiger partial charge in [0.05, 0.1) is 0 Å². The van der Waals surface area contributed by atoms with Gasteiger partial charge in [-0.15, -0.1) is 0 Å². The number of halogens is 2. The zero-order valence-corrected chi connectivity index (χ0v) is 3.45. The minimum absolute atomic E-state index is 0.516. The zero-order valence-electron chi connectivity index (χ0n) is 3.45. The van der Waals surface area contributed by atoms with E-state index in [4.69, 9.17) is 0 Å². The third-order valence-electron chi connectivity index (χ3n) is 0.367. The predicted molar refractivity (Wildman–Crippen MR) is 20.1 cm³/mol. The lowest BCUT2D eigenvalue weighted by Gasteiger charge is -1.75. The zero-order chi connectivity index (χ0) is 5.86. The molecule has 0 unspecified atom stereocenters. The summed E-state index contributed by atoms with van der Waals surface area (Å²) < 4.78 is 22.3. The molecule has 0 amide bonds. The number of hydrogen-bond acceptors (Lipinski definition) is 0. The second kappa shape index (κ2) is 2.34. The minimum Gasteiger partial charge on any atom is -0.253 e. The molecule has 0 aromatic rings. The van der Waals surface area contributed by atoms with Gasteiger partial charge in [0, 0.05) is 0 Å². The van der Waals surface area contributed by atoms with Crippen LogP contribution in [0.5, 0.6) is 0 Å². The van der Waals surface area contributed by atoms with Crippen LogP contribution in [0.15, 0.2) is 24.5 Å². The van der Waals surface area contributed by atoms with Gasteiger partial charge in [0.1, 0.15) is 0 Å². The van der Waals surface area contributed by atoms with Gasteiger partial charge in [0.25, 0.3) is 0 Å². The number of rotatable bonds is 1. The maximum Gasteiger partial charge on any atom is 0.360 e. The molecular weight excluding hydrogens is 102 g/mol. The molecule has 1 radical (unpaired) electrons. The Labute approximate surface area is 39.6 Å². The Bertz CT molecular complexity index is 102. The quantitative estimate of drug-likeness (QED) is 0.357. The van der Waals surface area contributed by atoms with Gasteiger partial charge >= 0.3 is 6.01 Å². The Morgan fingerprint density at radius 3 is 2.00 bits per heavy atom. The summed E-state index contributed by atoms with van der Waals surface area (Å²) in [7, 11) is 0. The Morgan fingerprint density at radius 1 is 1.57 bits per heavy atom. The first-order valence-corrected chi connectivity index (χ1v) is 1.53.